The number of nitrogens with one attached hydrogen (secondary N) is 1. The number of rotatable bonds is 4. The van der Waals surface area contributed by atoms with Crippen LogP contribution in [0.4, 0.5) is 5.95 Å². The van der Waals surface area contributed by atoms with Crippen LogP contribution in [0.15, 0.2) is 54.9 Å². The lowest BCUT2D eigenvalue weighted by Crippen LogP contribution is -2.28. The summed E-state index contributed by atoms with van der Waals surface area (Å²) in [5, 5.41) is 7.88. The second-order valence-corrected chi connectivity index (χ2v) is 6.03. The van der Waals surface area contributed by atoms with Crippen LogP contribution in [0.2, 0.25) is 0 Å². The van der Waals surface area contributed by atoms with Crippen molar-refractivity contribution in [2.75, 3.05) is 19.5 Å². The fourth-order valence-electron chi connectivity index (χ4n) is 3.30. The van der Waals surface area contributed by atoms with Gasteiger partial charge in [-0.15, -0.1) is 0 Å². The summed E-state index contributed by atoms with van der Waals surface area (Å²) in [4.78, 5) is 4.37. The normalized spacial score (nSPS) is 19.0. The molecule has 1 aromatic heterocycles. The van der Waals surface area contributed by atoms with Gasteiger partial charge in [-0.25, -0.2) is 4.68 Å². The average molecular weight is 336 g/mol. The molecule has 0 saturated heterocycles. The second-order valence-electron chi connectivity index (χ2n) is 6.03. The summed E-state index contributed by atoms with van der Waals surface area (Å²) in [5.41, 5.74) is 2.36. The maximum Gasteiger partial charge on any atom is 0.222 e. The monoisotopic (exact) mass is 336 g/mol. The maximum atomic E-state index is 5.38. The van der Waals surface area contributed by atoms with Crippen LogP contribution in [-0.2, 0) is 0 Å². The van der Waals surface area contributed by atoms with Gasteiger partial charge >= 0.3 is 0 Å². The fraction of sp³-hybridized carbons (Fsp3) is 0.263. The quantitative estimate of drug-likeness (QED) is 0.791. The third kappa shape index (κ3) is 2.91. The lowest BCUT2D eigenvalue weighted by molar-refractivity contribution is 0.405. The predicted octanol–water partition coefficient (Wildman–Crippen LogP) is 3.44. The third-order valence-electron chi connectivity index (χ3n) is 4.63. The lowest BCUT2D eigenvalue weighted by atomic mass is 9.93. The van der Waals surface area contributed by atoms with Gasteiger partial charge in [0.2, 0.25) is 5.95 Å². The van der Waals surface area contributed by atoms with E-state index in [1.165, 1.54) is 5.56 Å². The van der Waals surface area contributed by atoms with Crippen LogP contribution < -0.4 is 14.8 Å². The maximum absolute atomic E-state index is 5.38. The number of hydrogen-bond acceptors (Lipinski definition) is 5. The van der Waals surface area contributed by atoms with Crippen LogP contribution >= 0.6 is 0 Å². The number of fused-ring (bicyclic) bond motifs is 1. The molecule has 0 unspecified atom stereocenters. The second kappa shape index (κ2) is 6.47. The molecule has 2 atom stereocenters. The smallest absolute Gasteiger partial charge is 0.222 e. The molecule has 1 aliphatic heterocycles. The van der Waals surface area contributed by atoms with E-state index >= 15 is 0 Å². The summed E-state index contributed by atoms with van der Waals surface area (Å²) in [6.45, 7) is 0. The molecule has 0 aliphatic carbocycles. The van der Waals surface area contributed by atoms with E-state index in [-0.39, 0.29) is 12.1 Å². The van der Waals surface area contributed by atoms with Gasteiger partial charge in [-0.3, -0.25) is 0 Å². The van der Waals surface area contributed by atoms with Gasteiger partial charge < -0.3 is 14.8 Å². The van der Waals surface area contributed by atoms with Gasteiger partial charge in [0.1, 0.15) is 17.8 Å². The summed E-state index contributed by atoms with van der Waals surface area (Å²) < 4.78 is 12.6. The van der Waals surface area contributed by atoms with E-state index in [1.54, 1.807) is 20.5 Å². The Bertz CT molecular complexity index is 860. The Morgan fingerprint density at radius 3 is 2.56 bits per heavy atom. The Balaban J connectivity index is 1.69. The van der Waals surface area contributed by atoms with Crippen LogP contribution in [0.25, 0.3) is 0 Å². The van der Waals surface area contributed by atoms with Crippen molar-refractivity contribution in [1.82, 2.24) is 14.8 Å². The van der Waals surface area contributed by atoms with Gasteiger partial charge in [0.15, 0.2) is 0 Å². The van der Waals surface area contributed by atoms with E-state index in [2.05, 4.69) is 39.7 Å². The number of hydrogen-bond donors (Lipinski definition) is 1. The molecule has 1 N–H and O–H groups in total. The zero-order valence-corrected chi connectivity index (χ0v) is 14.2. The Morgan fingerprint density at radius 2 is 1.80 bits per heavy atom. The summed E-state index contributed by atoms with van der Waals surface area (Å²) >= 11 is 0. The zero-order chi connectivity index (χ0) is 17.2. The molecule has 0 radical (unpaired) electrons. The predicted molar refractivity (Wildman–Crippen MR) is 95.1 cm³/mol. The first-order valence-corrected chi connectivity index (χ1v) is 8.22. The summed E-state index contributed by atoms with van der Waals surface area (Å²) in [7, 11) is 3.36. The SMILES string of the molecule is COc1ccc([C@H]2C[C@H](c3cccc(OC)c3)n3ncnc3N2)cc1. The molecule has 128 valence electrons. The van der Waals surface area contributed by atoms with E-state index in [4.69, 9.17) is 9.47 Å². The van der Waals surface area contributed by atoms with Crippen molar-refractivity contribution >= 4 is 5.95 Å². The number of benzene rings is 2. The molecule has 2 aromatic carbocycles. The topological polar surface area (TPSA) is 61.2 Å². The minimum atomic E-state index is 0.0981. The highest BCUT2D eigenvalue weighted by molar-refractivity contribution is 5.40. The van der Waals surface area contributed by atoms with Crippen LogP contribution in [0.5, 0.6) is 11.5 Å². The van der Waals surface area contributed by atoms with Crippen LogP contribution in [0, 0.1) is 0 Å². The van der Waals surface area contributed by atoms with Crippen LogP contribution in [0.3, 0.4) is 0 Å². The van der Waals surface area contributed by atoms with Crippen molar-refractivity contribution in [3.8, 4) is 11.5 Å². The van der Waals surface area contributed by atoms with Crippen molar-refractivity contribution in [2.45, 2.75) is 18.5 Å². The van der Waals surface area contributed by atoms with E-state index < -0.39 is 0 Å². The Morgan fingerprint density at radius 1 is 1.00 bits per heavy atom. The number of ether oxygens (including phenoxy) is 2. The highest BCUT2D eigenvalue weighted by Gasteiger charge is 2.30. The van der Waals surface area contributed by atoms with Gasteiger partial charge in [0.05, 0.1) is 26.3 Å². The fourth-order valence-corrected chi connectivity index (χ4v) is 3.30. The number of anilines is 1. The van der Waals surface area contributed by atoms with Gasteiger partial charge in [0.25, 0.3) is 0 Å². The summed E-state index contributed by atoms with van der Waals surface area (Å²) in [5.74, 6) is 2.48. The van der Waals surface area contributed by atoms with E-state index in [9.17, 15) is 0 Å². The van der Waals surface area contributed by atoms with Crippen LogP contribution in [-0.4, -0.2) is 29.0 Å². The number of nitrogens with zero attached hydrogens (tertiary/aromatic N) is 3. The Hall–Kier alpha value is -3.02. The van der Waals surface area contributed by atoms with Crippen molar-refractivity contribution in [1.29, 1.82) is 0 Å². The molecule has 6 heteroatoms. The van der Waals surface area contributed by atoms with Crippen molar-refractivity contribution in [2.24, 2.45) is 0 Å². The molecule has 2 heterocycles. The van der Waals surface area contributed by atoms with E-state index in [1.807, 2.05) is 28.9 Å². The molecule has 6 nitrogen and oxygen atoms in total. The molecule has 0 amide bonds. The Kier molecular flexibility index (Phi) is 4.01. The first-order chi connectivity index (χ1) is 12.3. The summed E-state index contributed by atoms with van der Waals surface area (Å²) in [6.07, 6.45) is 2.46. The molecule has 0 saturated carbocycles. The van der Waals surface area contributed by atoms with Crippen molar-refractivity contribution in [3.63, 3.8) is 0 Å². The van der Waals surface area contributed by atoms with Crippen molar-refractivity contribution in [3.05, 3.63) is 66.0 Å². The zero-order valence-electron chi connectivity index (χ0n) is 14.2. The molecule has 1 aliphatic rings. The third-order valence-corrected chi connectivity index (χ3v) is 4.63. The average Bonchev–Trinajstić information content (AvgIpc) is 3.16. The lowest BCUT2D eigenvalue weighted by Gasteiger charge is -2.32. The molecule has 0 fully saturated rings. The molecular weight excluding hydrogens is 316 g/mol. The standard InChI is InChI=1S/C19H20N4O2/c1-24-15-8-6-13(7-9-15)17-11-18(23-19(22-17)20-12-21-23)14-4-3-5-16(10-14)25-2/h3-10,12,17-18H,11H2,1-2H3,(H,20,21,22)/t17-,18-/m1/s1. The first-order valence-electron chi connectivity index (χ1n) is 8.22. The van der Waals surface area contributed by atoms with Crippen LogP contribution in [0.1, 0.15) is 29.6 Å². The summed E-state index contributed by atoms with van der Waals surface area (Å²) in [6, 6.07) is 16.5. The van der Waals surface area contributed by atoms with Gasteiger partial charge in [-0.05, 0) is 41.8 Å². The highest BCUT2D eigenvalue weighted by Crippen LogP contribution is 2.38. The van der Waals surface area contributed by atoms with Crippen molar-refractivity contribution < 1.29 is 9.47 Å². The van der Waals surface area contributed by atoms with Gasteiger partial charge in [-0.1, -0.05) is 24.3 Å². The van der Waals surface area contributed by atoms with E-state index in [0.717, 1.165) is 29.4 Å². The molecule has 0 spiro atoms. The molecular formula is C19H20N4O2. The largest absolute Gasteiger partial charge is 0.497 e. The highest BCUT2D eigenvalue weighted by atomic mass is 16.5. The molecule has 3 aromatic rings. The molecule has 25 heavy (non-hydrogen) atoms. The minimum absolute atomic E-state index is 0.0981. The minimum Gasteiger partial charge on any atom is -0.497 e. The van der Waals surface area contributed by atoms with Gasteiger partial charge in [0, 0.05) is 0 Å². The first kappa shape index (κ1) is 15.5. The molecule has 4 rings (SSSR count). The van der Waals surface area contributed by atoms with Gasteiger partial charge in [-0.2, -0.15) is 10.1 Å². The van der Waals surface area contributed by atoms with E-state index in [0.29, 0.717) is 0 Å². The number of aromatic nitrogens is 3. The number of methoxy groups -OCH3 is 2. The molecule has 0 bridgehead atoms. The Labute approximate surface area is 146 Å².